The molecule has 6 nitrogen and oxygen atoms in total. The second-order valence-corrected chi connectivity index (χ2v) is 7.40. The average molecular weight is 374 g/mol. The van der Waals surface area contributed by atoms with Crippen molar-refractivity contribution < 1.29 is 4.79 Å². The minimum atomic E-state index is -0.171. The Morgan fingerprint density at radius 1 is 1.32 bits per heavy atom. The Morgan fingerprint density at radius 2 is 2.12 bits per heavy atom. The molecule has 1 aromatic carbocycles. The maximum atomic E-state index is 12.1. The molecule has 2 aromatic heterocycles. The van der Waals surface area contributed by atoms with Gasteiger partial charge in [0.15, 0.2) is 5.16 Å². The second-order valence-electron chi connectivity index (χ2n) is 5.49. The Hall–Kier alpha value is -2.19. The van der Waals surface area contributed by atoms with Crippen molar-refractivity contribution in [1.82, 2.24) is 20.3 Å². The number of carbonyl (C=O) groups is 1. The number of nitrogens with zero attached hydrogens (tertiary/aromatic N) is 2. The molecule has 0 saturated carbocycles. The standard InChI is InChI=1S/C17H18N4O2S2/c1-10-11(16(23)21-17(19-10)24-2)7-8-14(22)18-9-15-20-12-5-3-4-6-13(12)25-15/h3-6H,7-9H2,1-2H3,(H,18,22)(H,19,21,23). The minimum Gasteiger partial charge on any atom is -0.350 e. The number of amides is 1. The number of benzene rings is 1. The molecule has 2 heterocycles. The van der Waals surface area contributed by atoms with Crippen LogP contribution in [0.25, 0.3) is 10.2 Å². The van der Waals surface area contributed by atoms with E-state index in [1.54, 1.807) is 18.3 Å². The third-order valence-electron chi connectivity index (χ3n) is 3.77. The van der Waals surface area contributed by atoms with Crippen molar-refractivity contribution in [3.63, 3.8) is 0 Å². The van der Waals surface area contributed by atoms with Crippen molar-refractivity contribution in [2.45, 2.75) is 31.5 Å². The number of H-pyrrole nitrogens is 1. The third kappa shape index (κ3) is 4.26. The van der Waals surface area contributed by atoms with Crippen molar-refractivity contribution >= 4 is 39.2 Å². The second kappa shape index (κ2) is 7.79. The first-order chi connectivity index (χ1) is 12.1. The lowest BCUT2D eigenvalue weighted by molar-refractivity contribution is -0.121. The molecule has 0 saturated heterocycles. The van der Waals surface area contributed by atoms with E-state index in [0.717, 1.165) is 15.2 Å². The Balaban J connectivity index is 1.57. The van der Waals surface area contributed by atoms with E-state index in [1.807, 2.05) is 30.5 Å². The zero-order valence-electron chi connectivity index (χ0n) is 14.0. The Bertz CT molecular complexity index is 932. The molecule has 0 atom stereocenters. The lowest BCUT2D eigenvalue weighted by Crippen LogP contribution is -2.25. The predicted octanol–water partition coefficient (Wildman–Crippen LogP) is 2.66. The molecule has 130 valence electrons. The first-order valence-electron chi connectivity index (χ1n) is 7.81. The van der Waals surface area contributed by atoms with E-state index in [-0.39, 0.29) is 17.9 Å². The van der Waals surface area contributed by atoms with Crippen LogP contribution in [-0.4, -0.2) is 27.1 Å². The highest BCUT2D eigenvalue weighted by atomic mass is 32.2. The lowest BCUT2D eigenvalue weighted by atomic mass is 10.1. The molecule has 25 heavy (non-hydrogen) atoms. The minimum absolute atomic E-state index is 0.105. The van der Waals surface area contributed by atoms with Gasteiger partial charge in [-0.05, 0) is 31.7 Å². The van der Waals surface area contributed by atoms with Gasteiger partial charge < -0.3 is 10.3 Å². The topological polar surface area (TPSA) is 87.7 Å². The summed E-state index contributed by atoms with van der Waals surface area (Å²) in [5.74, 6) is -0.105. The molecule has 0 unspecified atom stereocenters. The van der Waals surface area contributed by atoms with E-state index in [9.17, 15) is 9.59 Å². The van der Waals surface area contributed by atoms with Crippen LogP contribution in [0.15, 0.2) is 34.2 Å². The van der Waals surface area contributed by atoms with Gasteiger partial charge in [0.05, 0.1) is 16.8 Å². The van der Waals surface area contributed by atoms with Crippen LogP contribution in [0.2, 0.25) is 0 Å². The number of aromatic amines is 1. The van der Waals surface area contributed by atoms with Gasteiger partial charge in [-0.15, -0.1) is 11.3 Å². The van der Waals surface area contributed by atoms with Crippen molar-refractivity contribution in [1.29, 1.82) is 0 Å². The molecule has 0 spiro atoms. The van der Waals surface area contributed by atoms with Crippen LogP contribution in [0.1, 0.15) is 22.7 Å². The van der Waals surface area contributed by atoms with Gasteiger partial charge in [0.25, 0.3) is 5.56 Å². The van der Waals surface area contributed by atoms with Crippen molar-refractivity contribution in [3.05, 3.63) is 50.9 Å². The van der Waals surface area contributed by atoms with E-state index in [2.05, 4.69) is 20.3 Å². The summed E-state index contributed by atoms with van der Waals surface area (Å²) >= 11 is 2.96. The lowest BCUT2D eigenvalue weighted by Gasteiger charge is -2.06. The zero-order valence-corrected chi connectivity index (χ0v) is 15.6. The average Bonchev–Trinajstić information content (AvgIpc) is 3.02. The Labute approximate surface area is 153 Å². The molecule has 0 aliphatic heterocycles. The predicted molar refractivity (Wildman–Crippen MR) is 101 cm³/mol. The summed E-state index contributed by atoms with van der Waals surface area (Å²) in [5, 5.41) is 4.32. The van der Waals surface area contributed by atoms with Gasteiger partial charge in [0, 0.05) is 17.7 Å². The van der Waals surface area contributed by atoms with Crippen LogP contribution in [0.5, 0.6) is 0 Å². The van der Waals surface area contributed by atoms with E-state index in [4.69, 9.17) is 0 Å². The molecule has 1 amide bonds. The number of carbonyl (C=O) groups excluding carboxylic acids is 1. The first kappa shape index (κ1) is 17.6. The molecule has 2 N–H and O–H groups in total. The molecule has 0 fully saturated rings. The van der Waals surface area contributed by atoms with Gasteiger partial charge in [-0.3, -0.25) is 9.59 Å². The fourth-order valence-electron chi connectivity index (χ4n) is 2.47. The Morgan fingerprint density at radius 3 is 2.84 bits per heavy atom. The van der Waals surface area contributed by atoms with Crippen LogP contribution in [0.4, 0.5) is 0 Å². The quantitative estimate of drug-likeness (QED) is 0.512. The number of nitrogens with one attached hydrogen (secondary N) is 2. The van der Waals surface area contributed by atoms with Gasteiger partial charge in [-0.1, -0.05) is 23.9 Å². The number of hydrogen-bond acceptors (Lipinski definition) is 6. The normalized spacial score (nSPS) is 11.0. The van der Waals surface area contributed by atoms with Crippen LogP contribution in [0.3, 0.4) is 0 Å². The first-order valence-corrected chi connectivity index (χ1v) is 9.86. The molecule has 3 rings (SSSR count). The fraction of sp³-hybridized carbons (Fsp3) is 0.294. The number of hydrogen-bond donors (Lipinski definition) is 2. The van der Waals surface area contributed by atoms with Gasteiger partial charge in [-0.2, -0.15) is 0 Å². The van der Waals surface area contributed by atoms with Gasteiger partial charge >= 0.3 is 0 Å². The molecular formula is C17H18N4O2S2. The van der Waals surface area contributed by atoms with E-state index >= 15 is 0 Å². The summed E-state index contributed by atoms with van der Waals surface area (Å²) in [6.07, 6.45) is 2.47. The van der Waals surface area contributed by atoms with Crippen LogP contribution >= 0.6 is 23.1 Å². The van der Waals surface area contributed by atoms with E-state index < -0.39 is 0 Å². The van der Waals surface area contributed by atoms with Crippen LogP contribution < -0.4 is 10.9 Å². The number of aromatic nitrogens is 3. The summed E-state index contributed by atoms with van der Waals surface area (Å²) in [6.45, 7) is 2.19. The molecule has 8 heteroatoms. The van der Waals surface area contributed by atoms with Gasteiger partial charge in [-0.25, -0.2) is 9.97 Å². The number of para-hydroxylation sites is 1. The SMILES string of the molecule is CSc1nc(C)c(CCC(=O)NCc2nc3ccccc3s2)c(=O)[nH]1. The van der Waals surface area contributed by atoms with Crippen molar-refractivity contribution in [3.8, 4) is 0 Å². The Kier molecular flexibility index (Phi) is 5.50. The summed E-state index contributed by atoms with van der Waals surface area (Å²) in [7, 11) is 0. The summed E-state index contributed by atoms with van der Waals surface area (Å²) in [5.41, 5.74) is 2.01. The van der Waals surface area contributed by atoms with Crippen molar-refractivity contribution in [2.24, 2.45) is 0 Å². The maximum Gasteiger partial charge on any atom is 0.254 e. The highest BCUT2D eigenvalue weighted by Crippen LogP contribution is 2.21. The highest BCUT2D eigenvalue weighted by Gasteiger charge is 2.11. The molecule has 0 radical (unpaired) electrons. The number of aryl methyl sites for hydroxylation is 1. The van der Waals surface area contributed by atoms with Crippen LogP contribution in [-0.2, 0) is 17.8 Å². The summed E-state index contributed by atoms with van der Waals surface area (Å²) in [6, 6.07) is 7.88. The van der Waals surface area contributed by atoms with E-state index in [1.165, 1.54) is 11.8 Å². The maximum absolute atomic E-state index is 12.1. The zero-order chi connectivity index (χ0) is 17.8. The van der Waals surface area contributed by atoms with Crippen LogP contribution in [0, 0.1) is 6.92 Å². The fourth-order valence-corrected chi connectivity index (χ4v) is 3.80. The summed E-state index contributed by atoms with van der Waals surface area (Å²) < 4.78 is 1.11. The molecular weight excluding hydrogens is 356 g/mol. The summed E-state index contributed by atoms with van der Waals surface area (Å²) in [4.78, 5) is 35.7. The number of thioether (sulfide) groups is 1. The number of rotatable bonds is 6. The number of thiazole rings is 1. The van der Waals surface area contributed by atoms with Crippen molar-refractivity contribution in [2.75, 3.05) is 6.26 Å². The monoisotopic (exact) mass is 374 g/mol. The number of fused-ring (bicyclic) bond motifs is 1. The molecule has 0 aliphatic carbocycles. The smallest absolute Gasteiger partial charge is 0.254 e. The molecule has 3 aromatic rings. The van der Waals surface area contributed by atoms with Gasteiger partial charge in [0.2, 0.25) is 5.91 Å². The van der Waals surface area contributed by atoms with Gasteiger partial charge in [0.1, 0.15) is 5.01 Å². The van der Waals surface area contributed by atoms with E-state index in [0.29, 0.717) is 29.4 Å². The largest absolute Gasteiger partial charge is 0.350 e. The highest BCUT2D eigenvalue weighted by molar-refractivity contribution is 7.98. The molecule has 0 bridgehead atoms. The third-order valence-corrected chi connectivity index (χ3v) is 5.39. The molecule has 0 aliphatic rings.